The molecule has 0 amide bonds. The fraction of sp³-hybridized carbons (Fsp3) is 0.538. The second kappa shape index (κ2) is 4.57. The molecule has 1 fully saturated rings. The molecule has 96 valence electrons. The van der Waals surface area contributed by atoms with Gasteiger partial charge in [-0.05, 0) is 19.4 Å². The van der Waals surface area contributed by atoms with Crippen LogP contribution in [0.2, 0.25) is 0 Å². The van der Waals surface area contributed by atoms with Gasteiger partial charge < -0.3 is 14.6 Å². The van der Waals surface area contributed by atoms with Gasteiger partial charge in [-0.3, -0.25) is 0 Å². The van der Waals surface area contributed by atoms with Crippen LogP contribution in [0.1, 0.15) is 24.3 Å². The van der Waals surface area contributed by atoms with E-state index in [0.717, 1.165) is 24.1 Å². The molecular formula is C13H18N4O. The molecule has 1 N–H and O–H groups in total. The van der Waals surface area contributed by atoms with Crippen LogP contribution in [0.25, 0.3) is 11.0 Å². The van der Waals surface area contributed by atoms with Crippen molar-refractivity contribution in [2.75, 3.05) is 20.2 Å². The van der Waals surface area contributed by atoms with Gasteiger partial charge in [0.1, 0.15) is 11.8 Å². The summed E-state index contributed by atoms with van der Waals surface area (Å²) in [6, 6.07) is 0. The maximum atomic E-state index is 5.32. The van der Waals surface area contributed by atoms with Crippen molar-refractivity contribution in [2.45, 2.75) is 18.8 Å². The molecule has 1 aliphatic rings. The Bertz CT molecular complexity index is 557. The molecular weight excluding hydrogens is 228 g/mol. The van der Waals surface area contributed by atoms with Gasteiger partial charge >= 0.3 is 0 Å². The van der Waals surface area contributed by atoms with Crippen molar-refractivity contribution in [3.63, 3.8) is 0 Å². The Balaban J connectivity index is 2.12. The van der Waals surface area contributed by atoms with Gasteiger partial charge in [0.05, 0.1) is 12.6 Å². The van der Waals surface area contributed by atoms with Crippen molar-refractivity contribution in [3.05, 3.63) is 18.1 Å². The first-order chi connectivity index (χ1) is 8.81. The number of nitrogens with zero attached hydrogens (tertiary/aromatic N) is 3. The Morgan fingerprint density at radius 1 is 1.44 bits per heavy atom. The summed E-state index contributed by atoms with van der Waals surface area (Å²) in [5.74, 6) is 1.19. The number of rotatable bonds is 2. The molecule has 0 aliphatic carbocycles. The van der Waals surface area contributed by atoms with Crippen LogP contribution < -0.4 is 10.1 Å². The van der Waals surface area contributed by atoms with Crippen LogP contribution in [0.15, 0.2) is 12.5 Å². The number of nitrogens with one attached hydrogen (secondary N) is 1. The van der Waals surface area contributed by atoms with Gasteiger partial charge in [-0.25, -0.2) is 4.98 Å². The minimum atomic E-state index is 0.544. The molecule has 1 aliphatic heterocycles. The van der Waals surface area contributed by atoms with Gasteiger partial charge in [0.2, 0.25) is 5.88 Å². The quantitative estimate of drug-likeness (QED) is 0.871. The maximum Gasteiger partial charge on any atom is 0.241 e. The zero-order chi connectivity index (χ0) is 12.5. The van der Waals surface area contributed by atoms with E-state index in [1.54, 1.807) is 13.4 Å². The monoisotopic (exact) mass is 246 g/mol. The molecule has 0 radical (unpaired) electrons. The smallest absolute Gasteiger partial charge is 0.241 e. The van der Waals surface area contributed by atoms with E-state index in [9.17, 15) is 0 Å². The summed E-state index contributed by atoms with van der Waals surface area (Å²) in [7, 11) is 3.67. The van der Waals surface area contributed by atoms with Gasteiger partial charge in [-0.2, -0.15) is 4.98 Å². The molecule has 0 bridgehead atoms. The summed E-state index contributed by atoms with van der Waals surface area (Å²) in [4.78, 5) is 8.62. The highest BCUT2D eigenvalue weighted by Gasteiger charge is 2.22. The van der Waals surface area contributed by atoms with E-state index in [-0.39, 0.29) is 0 Å². The van der Waals surface area contributed by atoms with E-state index in [1.807, 2.05) is 7.05 Å². The average Bonchev–Trinajstić information content (AvgIpc) is 2.77. The number of aromatic nitrogens is 3. The molecule has 0 aromatic carbocycles. The minimum absolute atomic E-state index is 0.544. The molecule has 2 aromatic heterocycles. The molecule has 1 atom stereocenters. The lowest BCUT2D eigenvalue weighted by Gasteiger charge is -2.22. The van der Waals surface area contributed by atoms with Gasteiger partial charge in [0.25, 0.3) is 0 Å². The molecule has 1 saturated heterocycles. The fourth-order valence-corrected chi connectivity index (χ4v) is 2.79. The molecule has 2 aromatic rings. The van der Waals surface area contributed by atoms with E-state index in [4.69, 9.17) is 4.74 Å². The summed E-state index contributed by atoms with van der Waals surface area (Å²) in [5.41, 5.74) is 3.32. The Hall–Kier alpha value is -1.62. The van der Waals surface area contributed by atoms with Gasteiger partial charge in [-0.1, -0.05) is 0 Å². The number of fused-ring (bicyclic) bond motifs is 1. The zero-order valence-corrected chi connectivity index (χ0v) is 10.8. The normalized spacial score (nSPS) is 20.2. The van der Waals surface area contributed by atoms with Crippen molar-refractivity contribution < 1.29 is 4.74 Å². The highest BCUT2D eigenvalue weighted by atomic mass is 16.5. The van der Waals surface area contributed by atoms with Crippen LogP contribution in [-0.2, 0) is 7.05 Å². The second-order valence-electron chi connectivity index (χ2n) is 4.82. The summed E-state index contributed by atoms with van der Waals surface area (Å²) in [6.07, 6.45) is 6.20. The molecule has 3 heterocycles. The van der Waals surface area contributed by atoms with Gasteiger partial charge in [-0.15, -0.1) is 0 Å². The topological polar surface area (TPSA) is 52.0 Å². The highest BCUT2D eigenvalue weighted by Crippen LogP contribution is 2.32. The summed E-state index contributed by atoms with van der Waals surface area (Å²) >= 11 is 0. The van der Waals surface area contributed by atoms with Crippen LogP contribution in [0.5, 0.6) is 5.88 Å². The number of aryl methyl sites for hydroxylation is 1. The van der Waals surface area contributed by atoms with Crippen LogP contribution in [-0.4, -0.2) is 34.7 Å². The molecule has 1 unspecified atom stereocenters. The molecule has 0 saturated carbocycles. The SMILES string of the molecule is COc1ncnc2c(C3CCCNC3)cn(C)c12. The number of methoxy groups -OCH3 is 1. The third kappa shape index (κ3) is 1.75. The summed E-state index contributed by atoms with van der Waals surface area (Å²) in [6.45, 7) is 2.16. The minimum Gasteiger partial charge on any atom is -0.479 e. The van der Waals surface area contributed by atoms with Gasteiger partial charge in [0, 0.05) is 31.3 Å². The highest BCUT2D eigenvalue weighted by molar-refractivity contribution is 5.84. The van der Waals surface area contributed by atoms with E-state index in [2.05, 4.69) is 26.0 Å². The van der Waals surface area contributed by atoms with Crippen LogP contribution >= 0.6 is 0 Å². The lowest BCUT2D eigenvalue weighted by atomic mass is 9.93. The molecule has 0 spiro atoms. The van der Waals surface area contributed by atoms with Crippen LogP contribution in [0.3, 0.4) is 0 Å². The number of hydrogen-bond donors (Lipinski definition) is 1. The Morgan fingerprint density at radius 3 is 3.06 bits per heavy atom. The fourth-order valence-electron chi connectivity index (χ4n) is 2.79. The van der Waals surface area contributed by atoms with Crippen LogP contribution in [0.4, 0.5) is 0 Å². The third-order valence-electron chi connectivity index (χ3n) is 3.68. The molecule has 5 heteroatoms. The maximum absolute atomic E-state index is 5.32. The lowest BCUT2D eigenvalue weighted by Crippen LogP contribution is -2.28. The first kappa shape index (κ1) is 11.5. The number of piperidine rings is 1. The summed E-state index contributed by atoms with van der Waals surface area (Å²) < 4.78 is 7.39. The Labute approximate surface area is 106 Å². The second-order valence-corrected chi connectivity index (χ2v) is 4.82. The third-order valence-corrected chi connectivity index (χ3v) is 3.68. The number of hydrogen-bond acceptors (Lipinski definition) is 4. The molecule has 5 nitrogen and oxygen atoms in total. The van der Waals surface area contributed by atoms with Crippen LogP contribution in [0, 0.1) is 0 Å². The zero-order valence-electron chi connectivity index (χ0n) is 10.8. The van der Waals surface area contributed by atoms with E-state index < -0.39 is 0 Å². The first-order valence-corrected chi connectivity index (χ1v) is 6.36. The molecule has 18 heavy (non-hydrogen) atoms. The standard InChI is InChI=1S/C13H18N4O/c1-17-7-10(9-4-3-5-14-6-9)11-12(17)13(18-2)16-8-15-11/h7-9,14H,3-6H2,1-2H3. The molecule has 3 rings (SSSR count). The first-order valence-electron chi connectivity index (χ1n) is 6.36. The Kier molecular flexibility index (Phi) is 2.91. The van der Waals surface area contributed by atoms with Crippen molar-refractivity contribution in [3.8, 4) is 5.88 Å². The number of ether oxygens (including phenoxy) is 1. The predicted octanol–water partition coefficient (Wildman–Crippen LogP) is 1.44. The van der Waals surface area contributed by atoms with Crippen molar-refractivity contribution >= 4 is 11.0 Å². The average molecular weight is 246 g/mol. The van der Waals surface area contributed by atoms with Crippen molar-refractivity contribution in [2.24, 2.45) is 7.05 Å². The lowest BCUT2D eigenvalue weighted by molar-refractivity contribution is 0.400. The van der Waals surface area contributed by atoms with Crippen molar-refractivity contribution in [1.29, 1.82) is 0 Å². The van der Waals surface area contributed by atoms with E-state index >= 15 is 0 Å². The van der Waals surface area contributed by atoms with E-state index in [1.165, 1.54) is 18.4 Å². The van der Waals surface area contributed by atoms with Crippen molar-refractivity contribution in [1.82, 2.24) is 19.9 Å². The largest absolute Gasteiger partial charge is 0.479 e. The summed E-state index contributed by atoms with van der Waals surface area (Å²) in [5, 5.41) is 3.45. The Morgan fingerprint density at radius 2 is 2.33 bits per heavy atom. The van der Waals surface area contributed by atoms with E-state index in [0.29, 0.717) is 11.8 Å². The van der Waals surface area contributed by atoms with Gasteiger partial charge in [0.15, 0.2) is 0 Å². The predicted molar refractivity (Wildman–Crippen MR) is 69.9 cm³/mol.